The molecule has 178 valence electrons. The van der Waals surface area contributed by atoms with Crippen molar-refractivity contribution in [3.05, 3.63) is 95.3 Å². The molecule has 1 atom stereocenters. The number of nitrogens with one attached hydrogen (secondary N) is 2. The second-order valence-electron chi connectivity index (χ2n) is 9.34. The van der Waals surface area contributed by atoms with Gasteiger partial charge < -0.3 is 15.4 Å². The zero-order valence-electron chi connectivity index (χ0n) is 20.3. The SMILES string of the molecule is CC(NC(=O)CCNC(=O)c1ccc(C(C)(C)C)cc1)c1ccc(OCc2cccnc2)cc1. The Morgan fingerprint density at radius 1 is 1.00 bits per heavy atom. The Kier molecular flexibility index (Phi) is 8.41. The fourth-order valence-electron chi connectivity index (χ4n) is 3.41. The summed E-state index contributed by atoms with van der Waals surface area (Å²) in [5.41, 5.74) is 3.78. The van der Waals surface area contributed by atoms with Gasteiger partial charge in [0, 0.05) is 36.5 Å². The Balaban J connectivity index is 1.40. The molecular formula is C28H33N3O3. The second-order valence-corrected chi connectivity index (χ2v) is 9.34. The van der Waals surface area contributed by atoms with Crippen molar-refractivity contribution < 1.29 is 14.3 Å². The van der Waals surface area contributed by atoms with Gasteiger partial charge in [0.05, 0.1) is 6.04 Å². The molecule has 0 saturated carbocycles. The van der Waals surface area contributed by atoms with E-state index in [9.17, 15) is 9.59 Å². The van der Waals surface area contributed by atoms with Gasteiger partial charge >= 0.3 is 0 Å². The number of hydrogen-bond acceptors (Lipinski definition) is 4. The molecule has 1 aromatic heterocycles. The lowest BCUT2D eigenvalue weighted by molar-refractivity contribution is -0.121. The Morgan fingerprint density at radius 2 is 1.71 bits per heavy atom. The van der Waals surface area contributed by atoms with Crippen LogP contribution in [0.15, 0.2) is 73.1 Å². The highest BCUT2D eigenvalue weighted by Gasteiger charge is 2.15. The van der Waals surface area contributed by atoms with Crippen LogP contribution in [0.1, 0.15) is 67.2 Å². The number of aromatic nitrogens is 1. The van der Waals surface area contributed by atoms with Crippen molar-refractivity contribution in [2.45, 2.75) is 52.2 Å². The van der Waals surface area contributed by atoms with E-state index < -0.39 is 0 Å². The summed E-state index contributed by atoms with van der Waals surface area (Å²) >= 11 is 0. The van der Waals surface area contributed by atoms with E-state index in [1.807, 2.05) is 67.6 Å². The van der Waals surface area contributed by atoms with E-state index >= 15 is 0 Å². The molecule has 0 aliphatic rings. The van der Waals surface area contributed by atoms with E-state index in [1.54, 1.807) is 12.4 Å². The van der Waals surface area contributed by atoms with Crippen LogP contribution in [0.5, 0.6) is 5.75 Å². The summed E-state index contributed by atoms with van der Waals surface area (Å²) in [4.78, 5) is 28.8. The second kappa shape index (κ2) is 11.5. The average molecular weight is 460 g/mol. The number of carbonyl (C=O) groups excluding carboxylic acids is 2. The van der Waals surface area contributed by atoms with Gasteiger partial charge in [0.15, 0.2) is 0 Å². The number of rotatable bonds is 9. The van der Waals surface area contributed by atoms with Gasteiger partial charge in [0.1, 0.15) is 12.4 Å². The molecular weight excluding hydrogens is 426 g/mol. The number of pyridine rings is 1. The standard InChI is InChI=1S/C28H33N3O3/c1-20(22-9-13-25(14-10-22)34-19-21-6-5-16-29-18-21)31-26(32)15-17-30-27(33)23-7-11-24(12-8-23)28(2,3)4/h5-14,16,18,20H,15,17,19H2,1-4H3,(H,30,33)(H,31,32). The van der Waals surface area contributed by atoms with Crippen LogP contribution in [0, 0.1) is 0 Å². The van der Waals surface area contributed by atoms with E-state index in [0.717, 1.165) is 16.9 Å². The summed E-state index contributed by atoms with van der Waals surface area (Å²) in [6.45, 7) is 9.06. The summed E-state index contributed by atoms with van der Waals surface area (Å²) in [6, 6.07) is 18.9. The number of amides is 2. The summed E-state index contributed by atoms with van der Waals surface area (Å²) in [5, 5.41) is 5.79. The molecule has 0 spiro atoms. The molecule has 0 saturated heterocycles. The third kappa shape index (κ3) is 7.44. The summed E-state index contributed by atoms with van der Waals surface area (Å²) in [5.74, 6) is 0.459. The molecule has 1 heterocycles. The van der Waals surface area contributed by atoms with Gasteiger partial charge in [-0.15, -0.1) is 0 Å². The quantitative estimate of drug-likeness (QED) is 0.474. The molecule has 0 radical (unpaired) electrons. The lowest BCUT2D eigenvalue weighted by Gasteiger charge is -2.19. The fourth-order valence-corrected chi connectivity index (χ4v) is 3.41. The van der Waals surface area contributed by atoms with Crippen LogP contribution >= 0.6 is 0 Å². The van der Waals surface area contributed by atoms with Crippen LogP contribution < -0.4 is 15.4 Å². The molecule has 0 bridgehead atoms. The molecule has 0 fully saturated rings. The van der Waals surface area contributed by atoms with E-state index in [4.69, 9.17) is 4.74 Å². The first kappa shape index (κ1) is 25.0. The Bertz CT molecular complexity index is 1070. The van der Waals surface area contributed by atoms with Crippen LogP contribution in [0.3, 0.4) is 0 Å². The van der Waals surface area contributed by atoms with Gasteiger partial charge in [0.25, 0.3) is 5.91 Å². The van der Waals surface area contributed by atoms with Crippen LogP contribution in [0.2, 0.25) is 0 Å². The number of ether oxygens (including phenoxy) is 1. The molecule has 3 rings (SSSR count). The lowest BCUT2D eigenvalue weighted by atomic mass is 9.87. The van der Waals surface area contributed by atoms with E-state index in [0.29, 0.717) is 12.2 Å². The van der Waals surface area contributed by atoms with Gasteiger partial charge in [-0.05, 0) is 53.8 Å². The van der Waals surface area contributed by atoms with E-state index in [-0.39, 0.29) is 36.2 Å². The molecule has 1 unspecified atom stereocenters. The van der Waals surface area contributed by atoms with Crippen LogP contribution in [-0.4, -0.2) is 23.3 Å². The van der Waals surface area contributed by atoms with E-state index in [2.05, 4.69) is 36.4 Å². The Hall–Kier alpha value is -3.67. The third-order valence-corrected chi connectivity index (χ3v) is 5.54. The maximum absolute atomic E-state index is 12.3. The van der Waals surface area contributed by atoms with Crippen molar-refractivity contribution in [3.8, 4) is 5.75 Å². The number of hydrogen-bond donors (Lipinski definition) is 2. The zero-order valence-corrected chi connectivity index (χ0v) is 20.3. The molecule has 6 nitrogen and oxygen atoms in total. The van der Waals surface area contributed by atoms with Crippen molar-refractivity contribution in [3.63, 3.8) is 0 Å². The van der Waals surface area contributed by atoms with Gasteiger partial charge in [-0.3, -0.25) is 14.6 Å². The maximum Gasteiger partial charge on any atom is 0.251 e. The highest BCUT2D eigenvalue weighted by Crippen LogP contribution is 2.22. The van der Waals surface area contributed by atoms with Gasteiger partial charge in [0.2, 0.25) is 5.91 Å². The van der Waals surface area contributed by atoms with Crippen molar-refractivity contribution >= 4 is 11.8 Å². The van der Waals surface area contributed by atoms with Gasteiger partial charge in [-0.1, -0.05) is 51.1 Å². The highest BCUT2D eigenvalue weighted by molar-refractivity contribution is 5.94. The minimum Gasteiger partial charge on any atom is -0.489 e. The lowest BCUT2D eigenvalue weighted by Crippen LogP contribution is -2.32. The minimum absolute atomic E-state index is 0.0387. The van der Waals surface area contributed by atoms with Gasteiger partial charge in [-0.25, -0.2) is 0 Å². The third-order valence-electron chi connectivity index (χ3n) is 5.54. The van der Waals surface area contributed by atoms with Crippen molar-refractivity contribution in [2.24, 2.45) is 0 Å². The molecule has 6 heteroatoms. The molecule has 34 heavy (non-hydrogen) atoms. The fraction of sp³-hybridized carbons (Fsp3) is 0.321. The maximum atomic E-state index is 12.3. The van der Waals surface area contributed by atoms with E-state index in [1.165, 1.54) is 5.56 Å². The molecule has 2 N–H and O–H groups in total. The van der Waals surface area contributed by atoms with Crippen molar-refractivity contribution in [1.29, 1.82) is 0 Å². The average Bonchev–Trinajstić information content (AvgIpc) is 2.83. The summed E-state index contributed by atoms with van der Waals surface area (Å²) in [7, 11) is 0. The zero-order chi connectivity index (χ0) is 24.6. The molecule has 0 aliphatic carbocycles. The minimum atomic E-state index is -0.178. The first-order valence-electron chi connectivity index (χ1n) is 11.5. The van der Waals surface area contributed by atoms with Gasteiger partial charge in [-0.2, -0.15) is 0 Å². The Labute approximate surface area is 201 Å². The normalized spacial score (nSPS) is 12.0. The van der Waals surface area contributed by atoms with Crippen molar-refractivity contribution in [1.82, 2.24) is 15.6 Å². The largest absolute Gasteiger partial charge is 0.489 e. The number of nitrogens with zero attached hydrogens (tertiary/aromatic N) is 1. The smallest absolute Gasteiger partial charge is 0.251 e. The highest BCUT2D eigenvalue weighted by atomic mass is 16.5. The predicted octanol–water partition coefficient (Wildman–Crippen LogP) is 4.96. The van der Waals surface area contributed by atoms with Crippen LogP contribution in [-0.2, 0) is 16.8 Å². The molecule has 2 aromatic carbocycles. The van der Waals surface area contributed by atoms with Crippen LogP contribution in [0.4, 0.5) is 0 Å². The topological polar surface area (TPSA) is 80.3 Å². The molecule has 0 aliphatic heterocycles. The Morgan fingerprint density at radius 3 is 2.32 bits per heavy atom. The first-order valence-corrected chi connectivity index (χ1v) is 11.5. The molecule has 2 amide bonds. The van der Waals surface area contributed by atoms with Crippen LogP contribution in [0.25, 0.3) is 0 Å². The summed E-state index contributed by atoms with van der Waals surface area (Å²) < 4.78 is 5.78. The number of carbonyl (C=O) groups is 2. The first-order chi connectivity index (χ1) is 16.2. The predicted molar refractivity (Wildman–Crippen MR) is 134 cm³/mol. The monoisotopic (exact) mass is 459 g/mol. The number of benzene rings is 2. The summed E-state index contributed by atoms with van der Waals surface area (Å²) in [6.07, 6.45) is 3.72. The molecule has 3 aromatic rings. The van der Waals surface area contributed by atoms with Crippen molar-refractivity contribution in [2.75, 3.05) is 6.54 Å².